The Hall–Kier alpha value is -6.33. The van der Waals surface area contributed by atoms with Crippen molar-refractivity contribution < 1.29 is 0 Å². The predicted molar refractivity (Wildman–Crippen MR) is 212 cm³/mol. The first-order chi connectivity index (χ1) is 25.1. The third-order valence-corrected chi connectivity index (χ3v) is 11.6. The highest BCUT2D eigenvalue weighted by molar-refractivity contribution is 6.53. The average molecular weight is 670 g/mol. The van der Waals surface area contributed by atoms with Crippen molar-refractivity contribution in [3.05, 3.63) is 155 Å². The number of nitrogens with zero attached hydrogens (tertiary/aromatic N) is 3. The van der Waals surface area contributed by atoms with Crippen LogP contribution >= 0.6 is 0 Å². The minimum Gasteiger partial charge on any atom is -0.299 e. The zero-order valence-electron chi connectivity index (χ0n) is 29.5. The zero-order chi connectivity index (χ0) is 35.5. The van der Waals surface area contributed by atoms with E-state index in [0.717, 1.165) is 38.6 Å². The molecule has 3 aliphatic carbocycles. The summed E-state index contributed by atoms with van der Waals surface area (Å²) in [4.78, 5) is 15.5. The van der Waals surface area contributed by atoms with Crippen LogP contribution in [0.3, 0.4) is 0 Å². The molecule has 5 nitrogen and oxygen atoms in total. The highest BCUT2D eigenvalue weighted by Gasteiger charge is 2.37. The zero-order valence-corrected chi connectivity index (χ0v) is 29.5. The molecule has 2 N–H and O–H groups in total. The first kappa shape index (κ1) is 30.5. The van der Waals surface area contributed by atoms with Crippen LogP contribution in [0.1, 0.15) is 61.1 Å². The van der Waals surface area contributed by atoms with Gasteiger partial charge in [0.25, 0.3) is 0 Å². The SMILES string of the molecule is CC1(C)c2ccccc2-c2ccc(-c3nc(-c4ccc5c(c4)C(C)(C)c4ccccc4-5)nc(-c4ccc5c6c(ccc5c4)C=CC(=N)C6=N)n3)cc21. The minimum atomic E-state index is -0.155. The van der Waals surface area contributed by atoms with Crippen LogP contribution in [0.5, 0.6) is 0 Å². The van der Waals surface area contributed by atoms with Crippen molar-refractivity contribution in [2.24, 2.45) is 0 Å². The number of fused-ring (bicyclic) bond motifs is 9. The lowest BCUT2D eigenvalue weighted by Gasteiger charge is -2.22. The van der Waals surface area contributed by atoms with Crippen LogP contribution < -0.4 is 0 Å². The Morgan fingerprint density at radius 2 is 0.942 bits per heavy atom. The third-order valence-electron chi connectivity index (χ3n) is 11.6. The number of hydrogen-bond acceptors (Lipinski definition) is 5. The first-order valence-corrected chi connectivity index (χ1v) is 17.8. The van der Waals surface area contributed by atoms with Crippen LogP contribution in [0.25, 0.3) is 73.3 Å². The molecule has 0 spiro atoms. The third kappa shape index (κ3) is 4.26. The largest absolute Gasteiger partial charge is 0.299 e. The van der Waals surface area contributed by atoms with Gasteiger partial charge in [-0.1, -0.05) is 131 Å². The summed E-state index contributed by atoms with van der Waals surface area (Å²) in [5.41, 5.74) is 14.9. The van der Waals surface area contributed by atoms with Crippen LogP contribution in [0, 0.1) is 10.8 Å². The molecule has 1 heterocycles. The Balaban J connectivity index is 1.16. The monoisotopic (exact) mass is 669 g/mol. The Morgan fingerprint density at radius 1 is 0.462 bits per heavy atom. The number of rotatable bonds is 3. The fraction of sp³-hybridized carbons (Fsp3) is 0.128. The van der Waals surface area contributed by atoms with Crippen LogP contribution in [0.15, 0.2) is 121 Å². The molecule has 6 aromatic carbocycles. The maximum Gasteiger partial charge on any atom is 0.164 e. The van der Waals surface area contributed by atoms with Gasteiger partial charge in [-0.2, -0.15) is 0 Å². The fourth-order valence-electron chi connectivity index (χ4n) is 8.74. The van der Waals surface area contributed by atoms with Crippen LogP contribution in [-0.2, 0) is 10.8 Å². The Labute approximate surface area is 302 Å². The molecule has 3 aliphatic rings. The average Bonchev–Trinajstić information content (AvgIpc) is 3.54. The summed E-state index contributed by atoms with van der Waals surface area (Å²) >= 11 is 0. The minimum absolute atomic E-state index is 0.155. The summed E-state index contributed by atoms with van der Waals surface area (Å²) in [6.45, 7) is 9.17. The van der Waals surface area contributed by atoms with Gasteiger partial charge in [0, 0.05) is 33.1 Å². The molecular weight excluding hydrogens is 635 g/mol. The molecule has 0 atom stereocenters. The number of nitrogens with one attached hydrogen (secondary N) is 2. The van der Waals surface area contributed by atoms with Crippen LogP contribution in [-0.4, -0.2) is 26.4 Å². The summed E-state index contributed by atoms with van der Waals surface area (Å²) in [7, 11) is 0. The van der Waals surface area contributed by atoms with E-state index in [-0.39, 0.29) is 22.3 Å². The van der Waals surface area contributed by atoms with E-state index in [2.05, 4.69) is 125 Å². The lowest BCUT2D eigenvalue weighted by Crippen LogP contribution is -2.16. The van der Waals surface area contributed by atoms with E-state index in [1.807, 2.05) is 24.3 Å². The van der Waals surface area contributed by atoms with Crippen molar-refractivity contribution in [3.63, 3.8) is 0 Å². The highest BCUT2D eigenvalue weighted by atomic mass is 15.0. The summed E-state index contributed by atoms with van der Waals surface area (Å²) in [6, 6.07) is 40.9. The Bertz CT molecular complexity index is 2660. The van der Waals surface area contributed by atoms with E-state index in [4.69, 9.17) is 25.8 Å². The smallest absolute Gasteiger partial charge is 0.164 e. The lowest BCUT2D eigenvalue weighted by molar-refractivity contribution is 0.660. The highest BCUT2D eigenvalue weighted by Crippen LogP contribution is 2.51. The standard InChI is InChI=1S/C47H35N5/c1-46(2)36-11-7-5-9-32(36)34-20-16-29(24-38(34)46)44-50-43(28-15-19-31-27(23-28)14-13-26-18-22-40(48)42(49)41(26)31)51-45(52-44)30-17-21-35-33-10-6-8-12-37(33)47(3,4)39(35)25-30/h5-25,48-49H,1-4H3. The lowest BCUT2D eigenvalue weighted by atomic mass is 9.82. The molecule has 0 saturated heterocycles. The van der Waals surface area contributed by atoms with Gasteiger partial charge in [-0.25, -0.2) is 15.0 Å². The normalized spacial score (nSPS) is 15.6. The molecule has 10 rings (SSSR count). The maximum absolute atomic E-state index is 8.66. The van der Waals surface area contributed by atoms with Crippen molar-refractivity contribution >= 4 is 28.3 Å². The van der Waals surface area contributed by atoms with Gasteiger partial charge >= 0.3 is 0 Å². The molecule has 52 heavy (non-hydrogen) atoms. The molecular formula is C47H35N5. The van der Waals surface area contributed by atoms with Gasteiger partial charge in [0.1, 0.15) is 0 Å². The van der Waals surface area contributed by atoms with Gasteiger partial charge < -0.3 is 0 Å². The van der Waals surface area contributed by atoms with Crippen molar-refractivity contribution in [2.45, 2.75) is 38.5 Å². The Morgan fingerprint density at radius 3 is 1.50 bits per heavy atom. The topological polar surface area (TPSA) is 86.4 Å². The molecule has 0 bridgehead atoms. The van der Waals surface area contributed by atoms with Gasteiger partial charge in [0.05, 0.1) is 11.4 Å². The van der Waals surface area contributed by atoms with Gasteiger partial charge in [-0.05, 0) is 85.1 Å². The summed E-state index contributed by atoms with van der Waals surface area (Å²) < 4.78 is 0. The Kier molecular flexibility index (Phi) is 6.21. The molecule has 0 saturated carbocycles. The molecule has 0 amide bonds. The van der Waals surface area contributed by atoms with E-state index < -0.39 is 0 Å². The van der Waals surface area contributed by atoms with E-state index in [9.17, 15) is 0 Å². The molecule has 5 heteroatoms. The predicted octanol–water partition coefficient (Wildman–Crippen LogP) is 11.1. The molecule has 7 aromatic rings. The second-order valence-corrected chi connectivity index (χ2v) is 15.3. The van der Waals surface area contributed by atoms with Crippen LogP contribution in [0.2, 0.25) is 0 Å². The fourth-order valence-corrected chi connectivity index (χ4v) is 8.74. The molecule has 0 fully saturated rings. The number of aromatic nitrogens is 3. The molecule has 248 valence electrons. The van der Waals surface area contributed by atoms with Gasteiger partial charge in [-0.15, -0.1) is 0 Å². The number of hydrogen-bond donors (Lipinski definition) is 2. The summed E-state index contributed by atoms with van der Waals surface area (Å²) in [5.74, 6) is 1.85. The van der Waals surface area contributed by atoms with E-state index in [0.29, 0.717) is 17.5 Å². The van der Waals surface area contributed by atoms with Gasteiger partial charge in [0.15, 0.2) is 17.5 Å². The van der Waals surface area contributed by atoms with E-state index in [1.165, 1.54) is 44.5 Å². The van der Waals surface area contributed by atoms with E-state index >= 15 is 0 Å². The first-order valence-electron chi connectivity index (χ1n) is 17.8. The second kappa shape index (κ2) is 10.6. The number of allylic oxidation sites excluding steroid dienone is 1. The van der Waals surface area contributed by atoms with Crippen molar-refractivity contribution in [1.29, 1.82) is 10.8 Å². The molecule has 0 aliphatic heterocycles. The quantitative estimate of drug-likeness (QED) is 0.196. The molecule has 0 radical (unpaired) electrons. The van der Waals surface area contributed by atoms with Crippen molar-refractivity contribution in [1.82, 2.24) is 15.0 Å². The molecule has 0 unspecified atom stereocenters. The summed E-state index contributed by atoms with van der Waals surface area (Å²) in [6.07, 6.45) is 3.61. The number of benzene rings is 6. The summed E-state index contributed by atoms with van der Waals surface area (Å²) in [5, 5.41) is 18.8. The van der Waals surface area contributed by atoms with Crippen molar-refractivity contribution in [2.75, 3.05) is 0 Å². The van der Waals surface area contributed by atoms with Gasteiger partial charge in [0.2, 0.25) is 0 Å². The van der Waals surface area contributed by atoms with Crippen molar-refractivity contribution in [3.8, 4) is 56.4 Å². The maximum atomic E-state index is 8.66. The molecule has 1 aromatic heterocycles. The van der Waals surface area contributed by atoms with Gasteiger partial charge in [-0.3, -0.25) is 10.8 Å². The second-order valence-electron chi connectivity index (χ2n) is 15.3. The van der Waals surface area contributed by atoms with Crippen LogP contribution in [0.4, 0.5) is 0 Å². The van der Waals surface area contributed by atoms with E-state index in [1.54, 1.807) is 6.08 Å².